The molecule has 0 radical (unpaired) electrons. The Bertz CT molecular complexity index is 636. The molecule has 0 aliphatic rings. The molecule has 4 heteroatoms. The van der Waals surface area contributed by atoms with Crippen molar-refractivity contribution in [2.45, 2.75) is 19.4 Å². The number of hydrogen-bond donors (Lipinski definition) is 2. The Morgan fingerprint density at radius 2 is 2.10 bits per heavy atom. The first-order valence-corrected chi connectivity index (χ1v) is 7.63. The van der Waals surface area contributed by atoms with Crippen LogP contribution in [0.4, 0.5) is 0 Å². The highest BCUT2D eigenvalue weighted by atomic mass is 32.1. The van der Waals surface area contributed by atoms with Crippen LogP contribution in [0.25, 0.3) is 0 Å². The van der Waals surface area contributed by atoms with Gasteiger partial charge in [-0.3, -0.25) is 4.79 Å². The van der Waals surface area contributed by atoms with E-state index in [2.05, 4.69) is 17.2 Å². The second-order valence-corrected chi connectivity index (χ2v) is 5.46. The lowest BCUT2D eigenvalue weighted by atomic mass is 10.1. The molecular weight excluding hydrogens is 282 g/mol. The Kier molecular flexibility index (Phi) is 5.56. The summed E-state index contributed by atoms with van der Waals surface area (Å²) in [4.78, 5) is 11.9. The number of benzene rings is 1. The first kappa shape index (κ1) is 15.3. The van der Waals surface area contributed by atoms with Crippen molar-refractivity contribution < 1.29 is 9.90 Å². The number of nitrogens with one attached hydrogen (secondary N) is 1. The van der Waals surface area contributed by atoms with E-state index in [1.807, 2.05) is 48.0 Å². The van der Waals surface area contributed by atoms with Crippen LogP contribution < -0.4 is 5.32 Å². The van der Waals surface area contributed by atoms with Crippen LogP contribution in [0.1, 0.15) is 29.7 Å². The fourth-order valence-corrected chi connectivity index (χ4v) is 2.62. The summed E-state index contributed by atoms with van der Waals surface area (Å²) in [7, 11) is 0. The molecular formula is C17H17NO2S. The maximum atomic E-state index is 11.9. The summed E-state index contributed by atoms with van der Waals surface area (Å²) < 4.78 is 0. The lowest BCUT2D eigenvalue weighted by Gasteiger charge is -2.14. The van der Waals surface area contributed by atoms with E-state index in [4.69, 9.17) is 5.11 Å². The van der Waals surface area contributed by atoms with Gasteiger partial charge in [0.15, 0.2) is 0 Å². The fourth-order valence-electron chi connectivity index (χ4n) is 1.95. The van der Waals surface area contributed by atoms with Crippen LogP contribution in [0.5, 0.6) is 0 Å². The third-order valence-electron chi connectivity index (χ3n) is 3.04. The minimum Gasteiger partial charge on any atom is -0.384 e. The number of aliphatic hydroxyl groups excluding tert-OH is 1. The van der Waals surface area contributed by atoms with Gasteiger partial charge in [-0.25, -0.2) is 0 Å². The Balaban J connectivity index is 1.93. The van der Waals surface area contributed by atoms with Crippen LogP contribution in [0, 0.1) is 11.8 Å². The average Bonchev–Trinajstić information content (AvgIpc) is 2.98. The molecule has 1 aromatic carbocycles. The van der Waals surface area contributed by atoms with E-state index in [0.717, 1.165) is 16.7 Å². The fraction of sp³-hybridized carbons (Fsp3) is 0.235. The molecule has 0 fully saturated rings. The maximum absolute atomic E-state index is 11.9. The van der Waals surface area contributed by atoms with Gasteiger partial charge in [0, 0.05) is 5.56 Å². The van der Waals surface area contributed by atoms with E-state index in [0.29, 0.717) is 6.42 Å². The van der Waals surface area contributed by atoms with Gasteiger partial charge in [0.2, 0.25) is 5.91 Å². The lowest BCUT2D eigenvalue weighted by Crippen LogP contribution is -2.27. The molecule has 0 saturated heterocycles. The first-order valence-electron chi connectivity index (χ1n) is 6.69. The van der Waals surface area contributed by atoms with Crippen LogP contribution in [0.15, 0.2) is 41.1 Å². The van der Waals surface area contributed by atoms with E-state index in [1.165, 1.54) is 0 Å². The van der Waals surface area contributed by atoms with Crippen molar-refractivity contribution in [1.82, 2.24) is 5.32 Å². The molecule has 0 spiro atoms. The number of amides is 1. The molecule has 3 nitrogen and oxygen atoms in total. The molecule has 1 aromatic heterocycles. The topological polar surface area (TPSA) is 49.3 Å². The van der Waals surface area contributed by atoms with Crippen molar-refractivity contribution in [3.63, 3.8) is 0 Å². The minimum absolute atomic E-state index is 0.0186. The molecule has 21 heavy (non-hydrogen) atoms. The Morgan fingerprint density at radius 1 is 1.33 bits per heavy atom. The second-order valence-electron chi connectivity index (χ2n) is 4.68. The smallest absolute Gasteiger partial charge is 0.224 e. The van der Waals surface area contributed by atoms with Crippen LogP contribution in [0.2, 0.25) is 0 Å². The largest absolute Gasteiger partial charge is 0.384 e. The van der Waals surface area contributed by atoms with Crippen molar-refractivity contribution in [2.75, 3.05) is 6.61 Å². The Morgan fingerprint density at radius 3 is 2.71 bits per heavy atom. The number of hydrogen-bond acceptors (Lipinski definition) is 3. The van der Waals surface area contributed by atoms with Crippen molar-refractivity contribution in [3.05, 3.63) is 57.8 Å². The van der Waals surface area contributed by atoms with E-state index in [9.17, 15) is 4.79 Å². The molecule has 0 aliphatic heterocycles. The third kappa shape index (κ3) is 4.75. The highest BCUT2D eigenvalue weighted by molar-refractivity contribution is 7.07. The Hall–Kier alpha value is -2.09. The molecule has 0 aliphatic carbocycles. The summed E-state index contributed by atoms with van der Waals surface area (Å²) in [6.45, 7) is 1.82. The molecule has 2 aromatic rings. The first-order chi connectivity index (χ1) is 10.2. The molecule has 108 valence electrons. The zero-order chi connectivity index (χ0) is 15.1. The van der Waals surface area contributed by atoms with E-state index >= 15 is 0 Å². The summed E-state index contributed by atoms with van der Waals surface area (Å²) >= 11 is 1.59. The van der Waals surface area contributed by atoms with Gasteiger partial charge in [0.1, 0.15) is 6.61 Å². The van der Waals surface area contributed by atoms with Gasteiger partial charge >= 0.3 is 0 Å². The molecule has 1 unspecified atom stereocenters. The number of rotatable bonds is 4. The van der Waals surface area contributed by atoms with Crippen LogP contribution in [-0.2, 0) is 11.2 Å². The van der Waals surface area contributed by atoms with Crippen LogP contribution in [0.3, 0.4) is 0 Å². The second kappa shape index (κ2) is 7.63. The van der Waals surface area contributed by atoms with Crippen molar-refractivity contribution >= 4 is 17.2 Å². The Labute approximate surface area is 128 Å². The van der Waals surface area contributed by atoms with Crippen molar-refractivity contribution in [2.24, 2.45) is 0 Å². The predicted octanol–water partition coefficient (Wildman–Crippen LogP) is 2.51. The molecule has 1 atom stereocenters. The molecule has 2 rings (SSSR count). The summed E-state index contributed by atoms with van der Waals surface area (Å²) in [5, 5.41) is 15.6. The quantitative estimate of drug-likeness (QED) is 0.852. The van der Waals surface area contributed by atoms with Crippen molar-refractivity contribution in [3.8, 4) is 11.8 Å². The highest BCUT2D eigenvalue weighted by Gasteiger charge is 2.10. The van der Waals surface area contributed by atoms with Gasteiger partial charge in [-0.05, 0) is 47.0 Å². The lowest BCUT2D eigenvalue weighted by molar-refractivity contribution is -0.121. The van der Waals surface area contributed by atoms with Crippen LogP contribution in [-0.4, -0.2) is 17.6 Å². The molecule has 1 amide bonds. The van der Waals surface area contributed by atoms with Crippen LogP contribution >= 0.6 is 11.3 Å². The maximum Gasteiger partial charge on any atom is 0.224 e. The summed E-state index contributed by atoms with van der Waals surface area (Å²) in [6.07, 6.45) is 0.411. The third-order valence-corrected chi connectivity index (χ3v) is 3.78. The predicted molar refractivity (Wildman–Crippen MR) is 85.0 cm³/mol. The standard InChI is InChI=1S/C17H17NO2S/c1-13(18-17(20)11-15-8-10-21-12-15)16-6-4-14(5-7-16)3-2-9-19/h4-8,10,12-13,19H,9,11H2,1H3,(H,18,20). The number of thiophene rings is 1. The van der Waals surface area contributed by atoms with Gasteiger partial charge in [0.05, 0.1) is 12.5 Å². The number of aliphatic hydroxyl groups is 1. The zero-order valence-electron chi connectivity index (χ0n) is 11.8. The molecule has 0 bridgehead atoms. The molecule has 0 saturated carbocycles. The van der Waals surface area contributed by atoms with Gasteiger partial charge in [0.25, 0.3) is 0 Å². The monoisotopic (exact) mass is 299 g/mol. The minimum atomic E-state index is -0.142. The summed E-state index contributed by atoms with van der Waals surface area (Å²) in [6, 6.07) is 9.58. The molecule has 1 heterocycles. The highest BCUT2D eigenvalue weighted by Crippen LogP contribution is 2.14. The summed E-state index contributed by atoms with van der Waals surface area (Å²) in [5.41, 5.74) is 2.92. The van der Waals surface area contributed by atoms with Gasteiger partial charge in [-0.2, -0.15) is 11.3 Å². The number of carbonyl (C=O) groups is 1. The van der Waals surface area contributed by atoms with Gasteiger partial charge in [-0.1, -0.05) is 24.0 Å². The zero-order valence-corrected chi connectivity index (χ0v) is 12.6. The number of carbonyl (C=O) groups excluding carboxylic acids is 1. The average molecular weight is 299 g/mol. The summed E-state index contributed by atoms with van der Waals surface area (Å²) in [5.74, 6) is 5.47. The van der Waals surface area contributed by atoms with Crippen molar-refractivity contribution in [1.29, 1.82) is 0 Å². The normalized spacial score (nSPS) is 11.3. The SMILES string of the molecule is CC(NC(=O)Cc1ccsc1)c1ccc(C#CCO)cc1. The van der Waals surface area contributed by atoms with E-state index in [1.54, 1.807) is 11.3 Å². The van der Waals surface area contributed by atoms with Gasteiger partial charge < -0.3 is 10.4 Å². The molecule has 2 N–H and O–H groups in total. The van der Waals surface area contributed by atoms with E-state index in [-0.39, 0.29) is 18.6 Å². The van der Waals surface area contributed by atoms with E-state index < -0.39 is 0 Å². The van der Waals surface area contributed by atoms with Gasteiger partial charge in [-0.15, -0.1) is 0 Å².